The molecular weight excluding hydrogens is 448 g/mol. The van der Waals surface area contributed by atoms with Crippen LogP contribution in [-0.4, -0.2) is 48.5 Å². The first-order valence-corrected chi connectivity index (χ1v) is 13.2. The number of amides is 1. The van der Waals surface area contributed by atoms with E-state index in [0.29, 0.717) is 24.8 Å². The van der Waals surface area contributed by atoms with Crippen molar-refractivity contribution in [3.8, 4) is 5.75 Å². The highest BCUT2D eigenvalue weighted by Gasteiger charge is 2.29. The summed E-state index contributed by atoms with van der Waals surface area (Å²) in [6.45, 7) is 18.3. The van der Waals surface area contributed by atoms with E-state index in [1.165, 1.54) is 16.9 Å². The van der Waals surface area contributed by atoms with Gasteiger partial charge < -0.3 is 14.4 Å². The molecule has 1 unspecified atom stereocenters. The van der Waals surface area contributed by atoms with E-state index < -0.39 is 6.10 Å². The molecule has 2 heterocycles. The molecule has 1 amide bonds. The van der Waals surface area contributed by atoms with Gasteiger partial charge in [0.15, 0.2) is 6.10 Å². The summed E-state index contributed by atoms with van der Waals surface area (Å²) in [5.74, 6) is 0.571. The number of morpholine rings is 1. The maximum atomic E-state index is 13.1. The van der Waals surface area contributed by atoms with Gasteiger partial charge >= 0.3 is 0 Å². The van der Waals surface area contributed by atoms with Gasteiger partial charge in [0.05, 0.1) is 13.2 Å². The lowest BCUT2D eigenvalue weighted by Gasteiger charge is -2.31. The van der Waals surface area contributed by atoms with E-state index in [1.54, 1.807) is 0 Å². The van der Waals surface area contributed by atoms with Crippen LogP contribution in [0.25, 0.3) is 0 Å². The highest BCUT2D eigenvalue weighted by Crippen LogP contribution is 2.39. The lowest BCUT2D eigenvalue weighted by Crippen LogP contribution is -2.36. The average Bonchev–Trinajstić information content (AvgIpc) is 3.31. The van der Waals surface area contributed by atoms with Crippen molar-refractivity contribution < 1.29 is 14.3 Å². The van der Waals surface area contributed by atoms with Gasteiger partial charge in [-0.25, -0.2) is 0 Å². The molecule has 1 atom stereocenters. The second kappa shape index (κ2) is 11.0. The molecule has 1 saturated heterocycles. The zero-order valence-corrected chi connectivity index (χ0v) is 22.6. The summed E-state index contributed by atoms with van der Waals surface area (Å²) < 4.78 is 11.8. The number of nitrogens with one attached hydrogen (secondary N) is 1. The first-order chi connectivity index (χ1) is 16.1. The molecule has 0 saturated carbocycles. The van der Waals surface area contributed by atoms with Gasteiger partial charge in [-0.3, -0.25) is 10.1 Å². The summed E-state index contributed by atoms with van der Waals surface area (Å²) in [5.41, 5.74) is 2.44. The Morgan fingerprint density at radius 1 is 1.12 bits per heavy atom. The number of hydrogen-bond acceptors (Lipinski definition) is 7. The molecule has 0 spiro atoms. The van der Waals surface area contributed by atoms with Crippen LogP contribution in [-0.2, 0) is 20.4 Å². The predicted octanol–water partition coefficient (Wildman–Crippen LogP) is 5.55. The molecule has 1 N–H and O–H groups in total. The lowest BCUT2D eigenvalue weighted by molar-refractivity contribution is -0.122. The number of carbonyl (C=O) groups excluding carboxylic acids is 1. The number of carbonyl (C=O) groups is 1. The van der Waals surface area contributed by atoms with Crippen molar-refractivity contribution in [1.29, 1.82) is 0 Å². The van der Waals surface area contributed by atoms with Crippen molar-refractivity contribution in [3.63, 3.8) is 0 Å². The maximum absolute atomic E-state index is 13.1. The van der Waals surface area contributed by atoms with Gasteiger partial charge in [0.1, 0.15) is 5.75 Å². The fourth-order valence-electron chi connectivity index (χ4n) is 3.79. The molecule has 0 aliphatic carbocycles. The van der Waals surface area contributed by atoms with Gasteiger partial charge in [-0.2, -0.15) is 0 Å². The molecule has 34 heavy (non-hydrogen) atoms. The summed E-state index contributed by atoms with van der Waals surface area (Å²) in [4.78, 5) is 15.2. The van der Waals surface area contributed by atoms with Crippen molar-refractivity contribution in [2.45, 2.75) is 84.7 Å². The first kappa shape index (κ1) is 26.4. The van der Waals surface area contributed by atoms with Crippen LogP contribution >= 0.6 is 11.3 Å². The summed E-state index contributed by atoms with van der Waals surface area (Å²) >= 11 is 1.38. The Hall–Kier alpha value is -2.19. The minimum Gasteiger partial charge on any atom is -0.480 e. The van der Waals surface area contributed by atoms with Crippen molar-refractivity contribution in [2.75, 3.05) is 36.5 Å². The van der Waals surface area contributed by atoms with Crippen molar-refractivity contribution in [3.05, 3.63) is 29.3 Å². The van der Waals surface area contributed by atoms with Crippen LogP contribution in [0.4, 0.5) is 10.3 Å². The normalized spacial score (nSPS) is 15.8. The number of rotatable bonds is 10. The van der Waals surface area contributed by atoms with Crippen LogP contribution in [0.15, 0.2) is 18.2 Å². The van der Waals surface area contributed by atoms with Crippen LogP contribution in [0.3, 0.4) is 0 Å². The molecular formula is C26H40N4O3S. The quantitative estimate of drug-likeness (QED) is 0.473. The minimum absolute atomic E-state index is 0.0732. The number of benzene rings is 1. The molecule has 3 rings (SSSR count). The third-order valence-corrected chi connectivity index (χ3v) is 8.02. The Kier molecular flexibility index (Phi) is 8.57. The highest BCUT2D eigenvalue weighted by molar-refractivity contribution is 7.19. The fourth-order valence-corrected chi connectivity index (χ4v) is 4.59. The molecule has 1 fully saturated rings. The molecule has 1 aliphatic heterocycles. The number of nitrogens with zero attached hydrogens (tertiary/aromatic N) is 3. The maximum Gasteiger partial charge on any atom is 0.267 e. The van der Waals surface area contributed by atoms with Crippen LogP contribution in [0.5, 0.6) is 5.75 Å². The number of aromatic nitrogens is 2. The number of hydrogen-bond donors (Lipinski definition) is 1. The van der Waals surface area contributed by atoms with Crippen molar-refractivity contribution in [1.82, 2.24) is 10.2 Å². The first-order valence-electron chi connectivity index (χ1n) is 12.4. The van der Waals surface area contributed by atoms with Crippen LogP contribution < -0.4 is 15.0 Å². The fraction of sp³-hybridized carbons (Fsp3) is 0.654. The van der Waals surface area contributed by atoms with E-state index in [1.807, 2.05) is 13.0 Å². The van der Waals surface area contributed by atoms with Gasteiger partial charge in [0, 0.05) is 18.7 Å². The Bertz CT molecular complexity index is 967. The summed E-state index contributed by atoms with van der Waals surface area (Å²) in [6, 6.07) is 6.45. The smallest absolute Gasteiger partial charge is 0.267 e. The molecule has 7 nitrogen and oxygen atoms in total. The average molecular weight is 489 g/mol. The van der Waals surface area contributed by atoms with E-state index >= 15 is 0 Å². The van der Waals surface area contributed by atoms with Gasteiger partial charge in [-0.15, -0.1) is 10.2 Å². The summed E-state index contributed by atoms with van der Waals surface area (Å²) in [7, 11) is 0. The van der Waals surface area contributed by atoms with Crippen molar-refractivity contribution in [2.24, 2.45) is 0 Å². The van der Waals surface area contributed by atoms with Crippen LogP contribution in [0, 0.1) is 0 Å². The minimum atomic E-state index is -0.618. The van der Waals surface area contributed by atoms with Gasteiger partial charge in [0.25, 0.3) is 5.91 Å². The number of anilines is 2. The van der Waals surface area contributed by atoms with Gasteiger partial charge in [-0.05, 0) is 41.7 Å². The zero-order valence-electron chi connectivity index (χ0n) is 21.7. The molecule has 2 aromatic rings. The Balaban J connectivity index is 1.78. The Morgan fingerprint density at radius 2 is 1.79 bits per heavy atom. The highest BCUT2D eigenvalue weighted by atomic mass is 32.1. The van der Waals surface area contributed by atoms with Crippen LogP contribution in [0.1, 0.15) is 78.9 Å². The summed E-state index contributed by atoms with van der Waals surface area (Å²) in [6.07, 6.45) is 1.95. The van der Waals surface area contributed by atoms with E-state index in [9.17, 15) is 4.79 Å². The zero-order chi connectivity index (χ0) is 24.9. The van der Waals surface area contributed by atoms with Crippen molar-refractivity contribution >= 4 is 27.5 Å². The molecule has 0 radical (unpaired) electrons. The van der Waals surface area contributed by atoms with E-state index in [-0.39, 0.29) is 16.7 Å². The topological polar surface area (TPSA) is 76.6 Å². The van der Waals surface area contributed by atoms with E-state index in [0.717, 1.165) is 42.4 Å². The lowest BCUT2D eigenvalue weighted by atomic mass is 9.76. The molecule has 8 heteroatoms. The predicted molar refractivity (Wildman–Crippen MR) is 139 cm³/mol. The van der Waals surface area contributed by atoms with Crippen LogP contribution in [0.2, 0.25) is 0 Å². The molecule has 1 aromatic carbocycles. The SMILES string of the molecule is CCC(Oc1ccc(C(C)(C)CC)cc1C(C)(C)CC)C(=O)Nc1nnc(N2CCOCC2)s1. The standard InChI is InChI=1S/C26H40N4O3S/c1-8-20(22(31)27-23-28-29-24(34-23)30-13-15-32-16-14-30)33-21-12-11-18(25(4,5)9-2)17-19(21)26(6,7)10-3/h11-12,17,20H,8-10,13-16H2,1-7H3,(H,27,28,31). The van der Waals surface area contributed by atoms with E-state index in [4.69, 9.17) is 9.47 Å². The molecule has 1 aliphatic rings. The third kappa shape index (κ3) is 6.08. The second-order valence-electron chi connectivity index (χ2n) is 10.2. The monoisotopic (exact) mass is 488 g/mol. The molecule has 0 bridgehead atoms. The molecule has 1 aromatic heterocycles. The van der Waals surface area contributed by atoms with Gasteiger partial charge in [0.2, 0.25) is 10.3 Å². The second-order valence-corrected chi connectivity index (χ2v) is 11.1. The van der Waals surface area contributed by atoms with Gasteiger partial charge in [-0.1, -0.05) is 71.9 Å². The number of ether oxygens (including phenoxy) is 2. The largest absolute Gasteiger partial charge is 0.480 e. The summed E-state index contributed by atoms with van der Waals surface area (Å²) in [5, 5.41) is 12.6. The Morgan fingerprint density at radius 3 is 2.41 bits per heavy atom. The Labute approximate surface area is 208 Å². The third-order valence-electron chi connectivity index (χ3n) is 7.12. The molecule has 188 valence electrons. The van der Waals surface area contributed by atoms with E-state index in [2.05, 4.69) is 74.1 Å².